The van der Waals surface area contributed by atoms with Crippen LogP contribution < -0.4 is 0 Å². The highest BCUT2D eigenvalue weighted by atomic mass is 19.1. The van der Waals surface area contributed by atoms with Gasteiger partial charge in [-0.05, 0) is 46.9 Å². The topological polar surface area (TPSA) is 0 Å². The van der Waals surface area contributed by atoms with Gasteiger partial charge in [0.2, 0.25) is 0 Å². The van der Waals surface area contributed by atoms with Crippen molar-refractivity contribution in [2.75, 3.05) is 0 Å². The summed E-state index contributed by atoms with van der Waals surface area (Å²) in [4.78, 5) is 0. The molecule has 0 N–H and O–H groups in total. The standard InChI is InChI=1S/C16H25F/c1-15(2,3)10-12-7-13(9-14(17)8-12)11-16(4,5)6/h7-9H,10-11H2,1-6H3. The molecule has 0 nitrogen and oxygen atoms in total. The third kappa shape index (κ3) is 5.86. The Morgan fingerprint density at radius 2 is 1.12 bits per heavy atom. The van der Waals surface area contributed by atoms with Gasteiger partial charge >= 0.3 is 0 Å². The van der Waals surface area contributed by atoms with E-state index in [-0.39, 0.29) is 16.6 Å². The van der Waals surface area contributed by atoms with Crippen LogP contribution in [-0.2, 0) is 12.8 Å². The first-order valence-corrected chi connectivity index (χ1v) is 6.34. The first-order valence-electron chi connectivity index (χ1n) is 6.34. The number of hydrogen-bond acceptors (Lipinski definition) is 0. The van der Waals surface area contributed by atoms with Gasteiger partial charge in [-0.1, -0.05) is 47.6 Å². The van der Waals surface area contributed by atoms with Gasteiger partial charge in [-0.2, -0.15) is 0 Å². The summed E-state index contributed by atoms with van der Waals surface area (Å²) in [6.07, 6.45) is 1.84. The van der Waals surface area contributed by atoms with Gasteiger partial charge in [0.05, 0.1) is 0 Å². The Labute approximate surface area is 105 Å². The average molecular weight is 236 g/mol. The zero-order chi connectivity index (χ0) is 13.3. The molecule has 0 saturated carbocycles. The van der Waals surface area contributed by atoms with E-state index in [0.29, 0.717) is 0 Å². The number of benzene rings is 1. The van der Waals surface area contributed by atoms with E-state index in [4.69, 9.17) is 0 Å². The molecule has 0 unspecified atom stereocenters. The van der Waals surface area contributed by atoms with Crippen molar-refractivity contribution in [3.05, 3.63) is 35.1 Å². The van der Waals surface area contributed by atoms with Crippen LogP contribution in [0.2, 0.25) is 0 Å². The Kier molecular flexibility index (Phi) is 4.01. The molecule has 0 aromatic heterocycles. The molecule has 0 aliphatic heterocycles. The third-order valence-corrected chi connectivity index (χ3v) is 2.49. The quantitative estimate of drug-likeness (QED) is 0.677. The molecular formula is C16H25F. The Bertz CT molecular complexity index is 343. The number of hydrogen-bond donors (Lipinski definition) is 0. The maximum Gasteiger partial charge on any atom is 0.123 e. The zero-order valence-corrected chi connectivity index (χ0v) is 12.0. The highest BCUT2D eigenvalue weighted by molar-refractivity contribution is 5.26. The molecule has 1 heteroatoms. The molecule has 0 aliphatic rings. The predicted molar refractivity (Wildman–Crippen MR) is 72.7 cm³/mol. The van der Waals surface area contributed by atoms with Crippen LogP contribution in [0.4, 0.5) is 4.39 Å². The van der Waals surface area contributed by atoms with Crippen LogP contribution in [-0.4, -0.2) is 0 Å². The van der Waals surface area contributed by atoms with Crippen molar-refractivity contribution < 1.29 is 4.39 Å². The molecule has 96 valence electrons. The molecule has 1 aromatic rings. The second-order valence-electron chi connectivity index (χ2n) is 7.44. The van der Waals surface area contributed by atoms with E-state index in [1.54, 1.807) is 12.1 Å². The fourth-order valence-corrected chi connectivity index (χ4v) is 2.15. The molecule has 0 aliphatic carbocycles. The molecule has 0 bridgehead atoms. The summed E-state index contributed by atoms with van der Waals surface area (Å²) in [5, 5.41) is 0. The monoisotopic (exact) mass is 236 g/mol. The van der Waals surface area contributed by atoms with E-state index < -0.39 is 0 Å². The summed E-state index contributed by atoms with van der Waals surface area (Å²) in [7, 11) is 0. The van der Waals surface area contributed by atoms with Gasteiger partial charge in [-0.3, -0.25) is 0 Å². The average Bonchev–Trinajstić information content (AvgIpc) is 1.93. The molecule has 0 radical (unpaired) electrons. The molecule has 1 rings (SSSR count). The lowest BCUT2D eigenvalue weighted by Crippen LogP contribution is -2.12. The predicted octanol–water partition coefficient (Wildman–Crippen LogP) is 5.00. The lowest BCUT2D eigenvalue weighted by molar-refractivity contribution is 0.404. The Balaban J connectivity index is 2.95. The summed E-state index contributed by atoms with van der Waals surface area (Å²) in [6.45, 7) is 13.1. The van der Waals surface area contributed by atoms with E-state index in [2.05, 4.69) is 47.6 Å². The molecule has 17 heavy (non-hydrogen) atoms. The Morgan fingerprint density at radius 3 is 1.41 bits per heavy atom. The van der Waals surface area contributed by atoms with Gasteiger partial charge in [-0.25, -0.2) is 4.39 Å². The van der Waals surface area contributed by atoms with Crippen molar-refractivity contribution in [3.63, 3.8) is 0 Å². The fraction of sp³-hybridized carbons (Fsp3) is 0.625. The normalized spacial score (nSPS) is 12.9. The van der Waals surface area contributed by atoms with Crippen molar-refractivity contribution in [2.24, 2.45) is 10.8 Å². The fourth-order valence-electron chi connectivity index (χ4n) is 2.15. The summed E-state index contributed by atoms with van der Waals surface area (Å²) < 4.78 is 13.6. The van der Waals surface area contributed by atoms with Crippen LogP contribution in [0.1, 0.15) is 52.7 Å². The van der Waals surface area contributed by atoms with Gasteiger partial charge in [0.25, 0.3) is 0 Å². The molecule has 0 atom stereocenters. The van der Waals surface area contributed by atoms with Crippen LogP contribution in [0.15, 0.2) is 18.2 Å². The SMILES string of the molecule is CC(C)(C)Cc1cc(F)cc(CC(C)(C)C)c1. The lowest BCUT2D eigenvalue weighted by atomic mass is 9.84. The van der Waals surface area contributed by atoms with Crippen molar-refractivity contribution >= 4 is 0 Å². The zero-order valence-electron chi connectivity index (χ0n) is 12.0. The van der Waals surface area contributed by atoms with Gasteiger partial charge < -0.3 is 0 Å². The van der Waals surface area contributed by atoms with Crippen molar-refractivity contribution in [3.8, 4) is 0 Å². The molecule has 0 heterocycles. The van der Waals surface area contributed by atoms with E-state index >= 15 is 0 Å². The van der Waals surface area contributed by atoms with Crippen LogP contribution in [0.25, 0.3) is 0 Å². The van der Waals surface area contributed by atoms with Gasteiger partial charge in [0, 0.05) is 0 Å². The summed E-state index contributed by atoms with van der Waals surface area (Å²) in [5.74, 6) is -0.106. The maximum absolute atomic E-state index is 13.6. The van der Waals surface area contributed by atoms with E-state index in [1.165, 1.54) is 0 Å². The largest absolute Gasteiger partial charge is 0.207 e. The molecular weight excluding hydrogens is 211 g/mol. The van der Waals surface area contributed by atoms with Crippen LogP contribution >= 0.6 is 0 Å². The molecule has 0 amide bonds. The summed E-state index contributed by atoms with van der Waals surface area (Å²) in [6, 6.07) is 5.48. The first kappa shape index (κ1) is 14.2. The van der Waals surface area contributed by atoms with Gasteiger partial charge in [-0.15, -0.1) is 0 Å². The number of halogens is 1. The third-order valence-electron chi connectivity index (χ3n) is 2.49. The smallest absolute Gasteiger partial charge is 0.123 e. The van der Waals surface area contributed by atoms with Crippen LogP contribution in [0.5, 0.6) is 0 Å². The number of rotatable bonds is 2. The molecule has 1 aromatic carbocycles. The Morgan fingerprint density at radius 1 is 0.765 bits per heavy atom. The molecule has 0 saturated heterocycles. The van der Waals surface area contributed by atoms with Crippen LogP contribution in [0.3, 0.4) is 0 Å². The Hall–Kier alpha value is -0.850. The van der Waals surface area contributed by atoms with E-state index in [9.17, 15) is 4.39 Å². The van der Waals surface area contributed by atoms with Gasteiger partial charge in [0.1, 0.15) is 5.82 Å². The first-order chi connectivity index (χ1) is 7.55. The minimum absolute atomic E-state index is 0.106. The minimum atomic E-state index is -0.106. The summed E-state index contributed by atoms with van der Waals surface area (Å²) >= 11 is 0. The second-order valence-corrected chi connectivity index (χ2v) is 7.44. The van der Waals surface area contributed by atoms with Crippen molar-refractivity contribution in [1.29, 1.82) is 0 Å². The van der Waals surface area contributed by atoms with Crippen molar-refractivity contribution in [2.45, 2.75) is 54.4 Å². The highest BCUT2D eigenvalue weighted by Gasteiger charge is 2.15. The van der Waals surface area contributed by atoms with Gasteiger partial charge in [0.15, 0.2) is 0 Å². The highest BCUT2D eigenvalue weighted by Crippen LogP contribution is 2.25. The van der Waals surface area contributed by atoms with Crippen molar-refractivity contribution in [1.82, 2.24) is 0 Å². The van der Waals surface area contributed by atoms with Crippen LogP contribution in [0, 0.1) is 16.6 Å². The van der Waals surface area contributed by atoms with E-state index in [0.717, 1.165) is 24.0 Å². The second kappa shape index (κ2) is 4.80. The maximum atomic E-state index is 13.6. The lowest BCUT2D eigenvalue weighted by Gasteiger charge is -2.21. The van der Waals surface area contributed by atoms with E-state index in [1.807, 2.05) is 0 Å². The summed E-state index contributed by atoms with van der Waals surface area (Å²) in [5.41, 5.74) is 2.62. The minimum Gasteiger partial charge on any atom is -0.207 e. The molecule has 0 spiro atoms. The molecule has 0 fully saturated rings.